The number of hydrogen-bond acceptors (Lipinski definition) is 3. The molecule has 2 aromatic rings. The standard InChI is InChI=1S/C21H28N4O.HI/c22-21(23-12-11-18-7-3-1-4-8-18)24-17-20(19-9-5-2-6-10-19)25-13-15-26-16-14-25;/h1-10,20H,11-17H2,(H3,22,23,24);1H. The highest BCUT2D eigenvalue weighted by atomic mass is 127. The number of hydrogen-bond donors (Lipinski definition) is 2. The predicted molar refractivity (Wildman–Crippen MR) is 122 cm³/mol. The fourth-order valence-corrected chi connectivity index (χ4v) is 3.22. The summed E-state index contributed by atoms with van der Waals surface area (Å²) in [6.45, 7) is 4.84. The van der Waals surface area contributed by atoms with Crippen molar-refractivity contribution in [2.24, 2.45) is 10.7 Å². The second kappa shape index (κ2) is 11.9. The average Bonchev–Trinajstić information content (AvgIpc) is 2.71. The van der Waals surface area contributed by atoms with Crippen LogP contribution < -0.4 is 11.1 Å². The molecule has 0 spiro atoms. The van der Waals surface area contributed by atoms with E-state index in [2.05, 4.69) is 63.7 Å². The highest BCUT2D eigenvalue weighted by Crippen LogP contribution is 2.22. The molecule has 3 N–H and O–H groups in total. The molecule has 2 aromatic carbocycles. The zero-order valence-corrected chi connectivity index (χ0v) is 17.9. The van der Waals surface area contributed by atoms with Crippen LogP contribution in [-0.2, 0) is 11.2 Å². The molecule has 6 heteroatoms. The number of morpholine rings is 1. The Labute approximate surface area is 179 Å². The number of benzene rings is 2. The van der Waals surface area contributed by atoms with Gasteiger partial charge in [0.2, 0.25) is 0 Å². The van der Waals surface area contributed by atoms with E-state index < -0.39 is 0 Å². The molecule has 27 heavy (non-hydrogen) atoms. The van der Waals surface area contributed by atoms with Crippen LogP contribution in [0.5, 0.6) is 0 Å². The van der Waals surface area contributed by atoms with Gasteiger partial charge in [-0.25, -0.2) is 0 Å². The molecular weight excluding hydrogens is 451 g/mol. The van der Waals surface area contributed by atoms with Gasteiger partial charge in [-0.05, 0) is 17.5 Å². The molecule has 1 aliphatic heterocycles. The maximum absolute atomic E-state index is 6.09. The molecule has 1 fully saturated rings. The fourth-order valence-electron chi connectivity index (χ4n) is 3.22. The van der Waals surface area contributed by atoms with Crippen LogP contribution in [0.3, 0.4) is 0 Å². The zero-order chi connectivity index (χ0) is 18.0. The Balaban J connectivity index is 0.00000261. The van der Waals surface area contributed by atoms with Crippen LogP contribution in [0.2, 0.25) is 0 Å². The van der Waals surface area contributed by atoms with Crippen LogP contribution >= 0.6 is 24.0 Å². The van der Waals surface area contributed by atoms with Gasteiger partial charge in [0.15, 0.2) is 5.96 Å². The fraction of sp³-hybridized carbons (Fsp3) is 0.381. The summed E-state index contributed by atoms with van der Waals surface area (Å²) in [5.74, 6) is 0.509. The molecule has 1 saturated heterocycles. The molecule has 0 radical (unpaired) electrons. The van der Waals surface area contributed by atoms with Gasteiger partial charge in [0, 0.05) is 19.6 Å². The summed E-state index contributed by atoms with van der Waals surface area (Å²) in [4.78, 5) is 7.04. The van der Waals surface area contributed by atoms with E-state index in [4.69, 9.17) is 10.5 Å². The first-order valence-electron chi connectivity index (χ1n) is 9.27. The highest BCUT2D eigenvalue weighted by Gasteiger charge is 2.22. The maximum atomic E-state index is 6.09. The van der Waals surface area contributed by atoms with E-state index in [1.165, 1.54) is 11.1 Å². The van der Waals surface area contributed by atoms with Gasteiger partial charge < -0.3 is 15.8 Å². The van der Waals surface area contributed by atoms with Crippen LogP contribution in [0.15, 0.2) is 65.7 Å². The van der Waals surface area contributed by atoms with Crippen molar-refractivity contribution in [1.82, 2.24) is 10.2 Å². The van der Waals surface area contributed by atoms with Crippen LogP contribution in [0.25, 0.3) is 0 Å². The first-order chi connectivity index (χ1) is 12.8. The van der Waals surface area contributed by atoms with E-state index in [9.17, 15) is 0 Å². The summed E-state index contributed by atoms with van der Waals surface area (Å²) in [5.41, 5.74) is 8.66. The smallest absolute Gasteiger partial charge is 0.188 e. The summed E-state index contributed by atoms with van der Waals surface area (Å²) in [5, 5.41) is 3.23. The van der Waals surface area contributed by atoms with Crippen LogP contribution in [0, 0.1) is 0 Å². The van der Waals surface area contributed by atoms with Crippen molar-refractivity contribution < 1.29 is 4.74 Å². The van der Waals surface area contributed by atoms with Crippen LogP contribution in [0.1, 0.15) is 17.2 Å². The van der Waals surface area contributed by atoms with Crippen molar-refractivity contribution in [2.75, 3.05) is 39.4 Å². The minimum Gasteiger partial charge on any atom is -0.379 e. The van der Waals surface area contributed by atoms with Gasteiger partial charge in [0.1, 0.15) is 0 Å². The number of nitrogens with one attached hydrogen (secondary N) is 1. The first kappa shape index (κ1) is 21.7. The van der Waals surface area contributed by atoms with Crippen molar-refractivity contribution in [3.63, 3.8) is 0 Å². The third kappa shape index (κ3) is 7.12. The normalized spacial score (nSPS) is 16.4. The van der Waals surface area contributed by atoms with Gasteiger partial charge in [-0.2, -0.15) is 0 Å². The molecule has 3 rings (SSSR count). The first-order valence-corrected chi connectivity index (χ1v) is 9.27. The maximum Gasteiger partial charge on any atom is 0.188 e. The molecule has 5 nitrogen and oxygen atoms in total. The molecule has 1 heterocycles. The molecule has 0 bridgehead atoms. The SMILES string of the molecule is I.NC(=NCC(c1ccccc1)N1CCOCC1)NCCc1ccccc1. The predicted octanol–water partition coefficient (Wildman–Crippen LogP) is 2.82. The summed E-state index contributed by atoms with van der Waals surface area (Å²) in [6, 6.07) is 21.1. The highest BCUT2D eigenvalue weighted by molar-refractivity contribution is 14.0. The minimum absolute atomic E-state index is 0. The van der Waals surface area contributed by atoms with Crippen LogP contribution in [0.4, 0.5) is 0 Å². The van der Waals surface area contributed by atoms with Gasteiger partial charge in [0.05, 0.1) is 25.8 Å². The molecule has 0 amide bonds. The quantitative estimate of drug-likeness (QED) is 0.364. The largest absolute Gasteiger partial charge is 0.379 e. The third-order valence-corrected chi connectivity index (χ3v) is 4.67. The number of halogens is 1. The Bertz CT molecular complexity index is 675. The number of rotatable bonds is 7. The molecule has 1 atom stereocenters. The van der Waals surface area contributed by atoms with Gasteiger partial charge in [-0.3, -0.25) is 9.89 Å². The summed E-state index contributed by atoms with van der Waals surface area (Å²) in [7, 11) is 0. The van der Waals surface area contributed by atoms with E-state index in [1.807, 2.05) is 12.1 Å². The second-order valence-electron chi connectivity index (χ2n) is 6.46. The van der Waals surface area contributed by atoms with Crippen molar-refractivity contribution in [2.45, 2.75) is 12.5 Å². The van der Waals surface area contributed by atoms with E-state index in [0.29, 0.717) is 12.5 Å². The van der Waals surface area contributed by atoms with E-state index in [-0.39, 0.29) is 30.0 Å². The number of aliphatic imine (C=N–C) groups is 1. The Morgan fingerprint density at radius 1 is 1.04 bits per heavy atom. The number of guanidine groups is 1. The lowest BCUT2D eigenvalue weighted by Gasteiger charge is -2.34. The molecule has 146 valence electrons. The van der Waals surface area contributed by atoms with E-state index in [1.54, 1.807) is 0 Å². The molecule has 1 aliphatic rings. The lowest BCUT2D eigenvalue weighted by molar-refractivity contribution is 0.0180. The summed E-state index contributed by atoms with van der Waals surface area (Å²) >= 11 is 0. The molecular formula is C21H29IN4O. The Morgan fingerprint density at radius 2 is 1.67 bits per heavy atom. The Hall–Kier alpha value is -1.64. The Kier molecular flexibility index (Phi) is 9.58. The zero-order valence-electron chi connectivity index (χ0n) is 15.6. The number of nitrogens with zero attached hydrogens (tertiary/aromatic N) is 2. The third-order valence-electron chi connectivity index (χ3n) is 4.67. The van der Waals surface area contributed by atoms with Gasteiger partial charge in [0.25, 0.3) is 0 Å². The Morgan fingerprint density at radius 3 is 2.33 bits per heavy atom. The molecule has 1 unspecified atom stereocenters. The van der Waals surface area contributed by atoms with E-state index in [0.717, 1.165) is 39.3 Å². The molecule has 0 aliphatic carbocycles. The van der Waals surface area contributed by atoms with Crippen LogP contribution in [-0.4, -0.2) is 50.3 Å². The number of ether oxygens (including phenoxy) is 1. The number of nitrogens with two attached hydrogens (primary N) is 1. The second-order valence-corrected chi connectivity index (χ2v) is 6.46. The van der Waals surface area contributed by atoms with Crippen molar-refractivity contribution >= 4 is 29.9 Å². The van der Waals surface area contributed by atoms with Crippen molar-refractivity contribution in [3.8, 4) is 0 Å². The minimum atomic E-state index is 0. The lowest BCUT2D eigenvalue weighted by Crippen LogP contribution is -2.41. The van der Waals surface area contributed by atoms with E-state index >= 15 is 0 Å². The van der Waals surface area contributed by atoms with Gasteiger partial charge in [-0.1, -0.05) is 60.7 Å². The van der Waals surface area contributed by atoms with Crippen molar-refractivity contribution in [3.05, 3.63) is 71.8 Å². The monoisotopic (exact) mass is 480 g/mol. The average molecular weight is 480 g/mol. The van der Waals surface area contributed by atoms with Gasteiger partial charge in [-0.15, -0.1) is 24.0 Å². The van der Waals surface area contributed by atoms with Gasteiger partial charge >= 0.3 is 0 Å². The summed E-state index contributed by atoms with van der Waals surface area (Å²) in [6.07, 6.45) is 0.933. The summed E-state index contributed by atoms with van der Waals surface area (Å²) < 4.78 is 5.49. The molecule has 0 saturated carbocycles. The molecule has 0 aromatic heterocycles. The lowest BCUT2D eigenvalue weighted by atomic mass is 10.1. The topological polar surface area (TPSA) is 62.9 Å². The van der Waals surface area contributed by atoms with Crippen molar-refractivity contribution in [1.29, 1.82) is 0 Å².